The van der Waals surface area contributed by atoms with Gasteiger partial charge in [0.15, 0.2) is 0 Å². The molecule has 1 aromatic carbocycles. The Balaban J connectivity index is 2.22. The van der Waals surface area contributed by atoms with Crippen LogP contribution < -0.4 is 10.2 Å². The number of rotatable bonds is 3. The topological polar surface area (TPSA) is 45.2 Å². The van der Waals surface area contributed by atoms with E-state index in [1.54, 1.807) is 24.5 Å². The molecule has 4 heteroatoms. The van der Waals surface area contributed by atoms with Gasteiger partial charge < -0.3 is 10.2 Å². The van der Waals surface area contributed by atoms with Crippen molar-refractivity contribution in [2.75, 3.05) is 24.3 Å². The number of carbonyl (C=O) groups excluding carboxylic acids is 1. The normalized spacial score (nSPS) is 9.89. The standard InChI is InChI=1S/C14H15N3O/c1-17(2)13-8-4-3-7-12(13)16-14(18)11-6-5-9-15-10-11/h3-10H,1-2H3,(H,16,18). The maximum atomic E-state index is 12.0. The highest BCUT2D eigenvalue weighted by atomic mass is 16.1. The van der Waals surface area contributed by atoms with Crippen LogP contribution in [0.25, 0.3) is 0 Å². The number of carbonyl (C=O) groups is 1. The largest absolute Gasteiger partial charge is 0.376 e. The third-order valence-corrected chi connectivity index (χ3v) is 2.56. The van der Waals surface area contributed by atoms with E-state index in [4.69, 9.17) is 0 Å². The Morgan fingerprint density at radius 1 is 1.17 bits per heavy atom. The summed E-state index contributed by atoms with van der Waals surface area (Å²) < 4.78 is 0. The van der Waals surface area contributed by atoms with E-state index >= 15 is 0 Å². The lowest BCUT2D eigenvalue weighted by atomic mass is 10.2. The van der Waals surface area contributed by atoms with E-state index in [1.165, 1.54) is 0 Å². The van der Waals surface area contributed by atoms with E-state index in [-0.39, 0.29) is 5.91 Å². The summed E-state index contributed by atoms with van der Waals surface area (Å²) >= 11 is 0. The molecule has 1 heterocycles. The molecule has 0 atom stereocenters. The third-order valence-electron chi connectivity index (χ3n) is 2.56. The summed E-state index contributed by atoms with van der Waals surface area (Å²) in [6.07, 6.45) is 3.19. The number of nitrogens with one attached hydrogen (secondary N) is 1. The van der Waals surface area contributed by atoms with Crippen molar-refractivity contribution in [3.05, 3.63) is 54.4 Å². The Labute approximate surface area is 106 Å². The van der Waals surface area contributed by atoms with Crippen molar-refractivity contribution < 1.29 is 4.79 Å². The molecule has 1 N–H and O–H groups in total. The van der Waals surface area contributed by atoms with E-state index in [0.29, 0.717) is 5.56 Å². The molecule has 0 saturated carbocycles. The van der Waals surface area contributed by atoms with Gasteiger partial charge in [0.05, 0.1) is 16.9 Å². The number of benzene rings is 1. The fourth-order valence-corrected chi connectivity index (χ4v) is 1.66. The minimum absolute atomic E-state index is 0.155. The van der Waals surface area contributed by atoms with Gasteiger partial charge in [0.25, 0.3) is 5.91 Å². The van der Waals surface area contributed by atoms with Crippen LogP contribution in [-0.4, -0.2) is 25.0 Å². The number of hydrogen-bond donors (Lipinski definition) is 1. The summed E-state index contributed by atoms with van der Waals surface area (Å²) in [6, 6.07) is 11.1. The van der Waals surface area contributed by atoms with Crippen molar-refractivity contribution in [1.29, 1.82) is 0 Å². The fraction of sp³-hybridized carbons (Fsp3) is 0.143. The summed E-state index contributed by atoms with van der Waals surface area (Å²) in [5.74, 6) is -0.155. The summed E-state index contributed by atoms with van der Waals surface area (Å²) in [6.45, 7) is 0. The minimum atomic E-state index is -0.155. The van der Waals surface area contributed by atoms with Gasteiger partial charge in [-0.2, -0.15) is 0 Å². The lowest BCUT2D eigenvalue weighted by Crippen LogP contribution is -2.16. The second-order valence-corrected chi connectivity index (χ2v) is 4.11. The van der Waals surface area contributed by atoms with Crippen LogP contribution in [0.5, 0.6) is 0 Å². The van der Waals surface area contributed by atoms with Gasteiger partial charge in [-0.1, -0.05) is 12.1 Å². The molecular weight excluding hydrogens is 226 g/mol. The first kappa shape index (κ1) is 12.1. The zero-order chi connectivity index (χ0) is 13.0. The van der Waals surface area contributed by atoms with Gasteiger partial charge in [-0.25, -0.2) is 0 Å². The highest BCUT2D eigenvalue weighted by molar-refractivity contribution is 6.05. The molecule has 0 aliphatic rings. The average Bonchev–Trinajstić information content (AvgIpc) is 2.40. The Kier molecular flexibility index (Phi) is 3.57. The van der Waals surface area contributed by atoms with Gasteiger partial charge in [0.1, 0.15) is 0 Å². The quantitative estimate of drug-likeness (QED) is 0.897. The summed E-state index contributed by atoms with van der Waals surface area (Å²) in [7, 11) is 3.88. The lowest BCUT2D eigenvalue weighted by molar-refractivity contribution is 0.102. The first-order valence-electron chi connectivity index (χ1n) is 5.66. The fourth-order valence-electron chi connectivity index (χ4n) is 1.66. The molecule has 18 heavy (non-hydrogen) atoms. The number of nitrogens with zero attached hydrogens (tertiary/aromatic N) is 2. The molecular formula is C14H15N3O. The van der Waals surface area contributed by atoms with Crippen molar-refractivity contribution in [3.63, 3.8) is 0 Å². The first-order valence-corrected chi connectivity index (χ1v) is 5.66. The summed E-state index contributed by atoms with van der Waals surface area (Å²) in [5, 5.41) is 2.89. The van der Waals surface area contributed by atoms with Crippen LogP contribution in [0, 0.1) is 0 Å². The lowest BCUT2D eigenvalue weighted by Gasteiger charge is -2.17. The SMILES string of the molecule is CN(C)c1ccccc1NC(=O)c1cccnc1. The third kappa shape index (κ3) is 2.66. The van der Waals surface area contributed by atoms with Gasteiger partial charge in [-0.05, 0) is 24.3 Å². The minimum Gasteiger partial charge on any atom is -0.376 e. The molecule has 1 aromatic heterocycles. The van der Waals surface area contributed by atoms with Gasteiger partial charge in [0, 0.05) is 26.5 Å². The highest BCUT2D eigenvalue weighted by Crippen LogP contribution is 2.23. The number of pyridine rings is 1. The Bertz CT molecular complexity index is 538. The highest BCUT2D eigenvalue weighted by Gasteiger charge is 2.09. The molecule has 0 saturated heterocycles. The van der Waals surface area contributed by atoms with Gasteiger partial charge >= 0.3 is 0 Å². The smallest absolute Gasteiger partial charge is 0.257 e. The van der Waals surface area contributed by atoms with Crippen LogP contribution in [-0.2, 0) is 0 Å². The monoisotopic (exact) mass is 241 g/mol. The molecule has 0 aliphatic heterocycles. The van der Waals surface area contributed by atoms with Gasteiger partial charge in [0.2, 0.25) is 0 Å². The molecule has 0 aliphatic carbocycles. The van der Waals surface area contributed by atoms with Crippen LogP contribution in [0.3, 0.4) is 0 Å². The molecule has 0 spiro atoms. The van der Waals surface area contributed by atoms with Crippen molar-refractivity contribution in [3.8, 4) is 0 Å². The van der Waals surface area contributed by atoms with E-state index in [0.717, 1.165) is 11.4 Å². The first-order chi connectivity index (χ1) is 8.68. The Morgan fingerprint density at radius 3 is 2.61 bits per heavy atom. The van der Waals surface area contributed by atoms with E-state index in [2.05, 4.69) is 10.3 Å². The Morgan fingerprint density at radius 2 is 1.94 bits per heavy atom. The van der Waals surface area contributed by atoms with E-state index < -0.39 is 0 Å². The van der Waals surface area contributed by atoms with Crippen molar-refractivity contribution >= 4 is 17.3 Å². The molecule has 1 amide bonds. The molecule has 4 nitrogen and oxygen atoms in total. The summed E-state index contributed by atoms with van der Waals surface area (Å²) in [5.41, 5.74) is 2.30. The van der Waals surface area contributed by atoms with Crippen LogP contribution >= 0.6 is 0 Å². The van der Waals surface area contributed by atoms with Crippen molar-refractivity contribution in [2.45, 2.75) is 0 Å². The number of aromatic nitrogens is 1. The number of para-hydroxylation sites is 2. The van der Waals surface area contributed by atoms with Gasteiger partial charge in [-0.3, -0.25) is 9.78 Å². The van der Waals surface area contributed by atoms with Crippen molar-refractivity contribution in [2.24, 2.45) is 0 Å². The molecule has 2 aromatic rings. The van der Waals surface area contributed by atoms with Crippen LogP contribution in [0.1, 0.15) is 10.4 Å². The predicted molar refractivity (Wildman–Crippen MR) is 73.0 cm³/mol. The Hall–Kier alpha value is -2.36. The van der Waals surface area contributed by atoms with E-state index in [9.17, 15) is 4.79 Å². The summed E-state index contributed by atoms with van der Waals surface area (Å²) in [4.78, 5) is 17.9. The second kappa shape index (κ2) is 5.31. The molecule has 0 unspecified atom stereocenters. The van der Waals surface area contributed by atoms with E-state index in [1.807, 2.05) is 43.3 Å². The number of hydrogen-bond acceptors (Lipinski definition) is 3. The molecule has 0 bridgehead atoms. The number of amides is 1. The number of anilines is 2. The zero-order valence-electron chi connectivity index (χ0n) is 10.4. The van der Waals surface area contributed by atoms with Crippen molar-refractivity contribution in [1.82, 2.24) is 4.98 Å². The predicted octanol–water partition coefficient (Wildman–Crippen LogP) is 2.40. The molecule has 92 valence electrons. The zero-order valence-corrected chi connectivity index (χ0v) is 10.4. The van der Waals surface area contributed by atoms with Crippen LogP contribution in [0.2, 0.25) is 0 Å². The average molecular weight is 241 g/mol. The maximum absolute atomic E-state index is 12.0. The molecule has 2 rings (SSSR count). The van der Waals surface area contributed by atoms with Crippen LogP contribution in [0.15, 0.2) is 48.8 Å². The molecule has 0 fully saturated rings. The van der Waals surface area contributed by atoms with Gasteiger partial charge in [-0.15, -0.1) is 0 Å². The maximum Gasteiger partial charge on any atom is 0.257 e. The molecule has 0 radical (unpaired) electrons. The second-order valence-electron chi connectivity index (χ2n) is 4.11. The van der Waals surface area contributed by atoms with Crippen LogP contribution in [0.4, 0.5) is 11.4 Å².